The molecule has 3 nitrogen and oxygen atoms in total. The van der Waals surface area contributed by atoms with Gasteiger partial charge in [-0.2, -0.15) is 0 Å². The van der Waals surface area contributed by atoms with E-state index >= 15 is 0 Å². The van der Waals surface area contributed by atoms with Gasteiger partial charge in [0.2, 0.25) is 5.39 Å². The molecule has 2 N–H and O–H groups in total. The molecule has 0 aliphatic heterocycles. The lowest BCUT2D eigenvalue weighted by Crippen LogP contribution is -2.02. The van der Waals surface area contributed by atoms with Crippen molar-refractivity contribution in [2.75, 3.05) is 6.54 Å². The molecule has 0 heterocycles. The largest absolute Gasteiger partial charge is 0.673 e. The van der Waals surface area contributed by atoms with Crippen molar-refractivity contribution in [3.63, 3.8) is 0 Å². The Bertz CT molecular complexity index is 401. The smallest absolute Gasteiger partial charge is 0.418 e. The summed E-state index contributed by atoms with van der Waals surface area (Å²) in [4.78, 5) is 3.04. The van der Waals surface area contributed by atoms with Gasteiger partial charge in [0, 0.05) is 12.1 Å². The highest BCUT2D eigenvalue weighted by atomic mass is 19.5. The minimum absolute atomic E-state index is 0.575. The number of nitrogens with two attached hydrogens (primary N) is 1. The lowest BCUT2D eigenvalue weighted by atomic mass is 10.1. The first-order valence-corrected chi connectivity index (χ1v) is 5.25. The van der Waals surface area contributed by atoms with E-state index in [2.05, 4.69) is 4.98 Å². The predicted octanol–water partition coefficient (Wildman–Crippen LogP) is 4.27. The highest BCUT2D eigenvalue weighted by Crippen LogP contribution is 2.12. The number of hydrogen-bond donors (Lipinski definition) is 1. The fourth-order valence-corrected chi connectivity index (χ4v) is 0.896. The molecule has 1 aromatic rings. The van der Waals surface area contributed by atoms with Crippen LogP contribution in [-0.2, 0) is 6.42 Å². The second kappa shape index (κ2) is 9.98. The Kier molecular flexibility index (Phi) is 10.2. The number of rotatable bonds is 2. The van der Waals surface area contributed by atoms with Crippen molar-refractivity contribution in [3.8, 4) is 0 Å². The van der Waals surface area contributed by atoms with Crippen molar-refractivity contribution in [2.24, 2.45) is 5.73 Å². The van der Waals surface area contributed by atoms with Gasteiger partial charge < -0.3 is 40.3 Å². The summed E-state index contributed by atoms with van der Waals surface area (Å²) >= 11 is 0. The summed E-state index contributed by atoms with van der Waals surface area (Å²) in [6, 6.07) is 7.32. The van der Waals surface area contributed by atoms with Crippen LogP contribution in [0.4, 0.5) is 40.2 Å². The number of halogens is 8. The van der Waals surface area contributed by atoms with Crippen LogP contribution in [0.2, 0.25) is 0 Å². The summed E-state index contributed by atoms with van der Waals surface area (Å²) in [5.41, 5.74) is 7.10. The second-order valence-corrected chi connectivity index (χ2v) is 3.29. The third-order valence-corrected chi connectivity index (χ3v) is 1.48. The van der Waals surface area contributed by atoms with Crippen LogP contribution in [0.3, 0.4) is 0 Å². The van der Waals surface area contributed by atoms with E-state index in [1.807, 2.05) is 12.1 Å². The quantitative estimate of drug-likeness (QED) is 0.502. The van der Waals surface area contributed by atoms with E-state index in [9.17, 15) is 34.5 Å². The SMILES string of the molecule is F[B-](F)(F)F.F[B-](F)(F)F.N#[N+]c1ccc(CCN)cc1. The summed E-state index contributed by atoms with van der Waals surface area (Å²) in [5, 5.41) is 8.36. The molecule has 0 spiro atoms. The van der Waals surface area contributed by atoms with Gasteiger partial charge >= 0.3 is 20.2 Å². The molecule has 0 aliphatic rings. The van der Waals surface area contributed by atoms with E-state index < -0.39 is 14.5 Å². The molecule has 0 radical (unpaired) electrons. The fraction of sp³-hybridized carbons (Fsp3) is 0.250. The molecule has 0 aromatic heterocycles. The first kappa shape index (κ1) is 21.5. The van der Waals surface area contributed by atoms with Crippen LogP contribution < -0.4 is 5.73 Å². The molecule has 1 aromatic carbocycles. The van der Waals surface area contributed by atoms with Gasteiger partial charge in [-0.3, -0.25) is 0 Å². The molecule has 0 amide bonds. The first-order chi connectivity index (χ1) is 9.36. The van der Waals surface area contributed by atoms with Crippen molar-refractivity contribution in [1.29, 1.82) is 5.39 Å². The lowest BCUT2D eigenvalue weighted by Gasteiger charge is -1.94. The summed E-state index contributed by atoms with van der Waals surface area (Å²) in [5.74, 6) is 0. The number of hydrogen-bond acceptors (Lipinski definition) is 2. The van der Waals surface area contributed by atoms with E-state index in [0.29, 0.717) is 12.2 Å². The standard InChI is InChI=1S/C8H10N3.2BF4/c9-6-5-7-1-3-8(11-10)4-2-7;2*2-1(3,4)5/h1-4H,5-6,9H2;;/q+1;2*-1. The van der Waals surface area contributed by atoms with E-state index in [1.165, 1.54) is 5.56 Å². The van der Waals surface area contributed by atoms with E-state index in [0.717, 1.165) is 6.42 Å². The molecule has 0 unspecified atom stereocenters. The monoisotopic (exact) mass is 322 g/mol. The van der Waals surface area contributed by atoms with Crippen molar-refractivity contribution in [1.82, 2.24) is 0 Å². The molecule has 0 saturated carbocycles. The van der Waals surface area contributed by atoms with Crippen molar-refractivity contribution in [3.05, 3.63) is 34.8 Å². The zero-order valence-corrected chi connectivity index (χ0v) is 10.4. The Morgan fingerprint density at radius 1 is 0.857 bits per heavy atom. The minimum Gasteiger partial charge on any atom is -0.418 e. The van der Waals surface area contributed by atoms with Gasteiger partial charge in [0.1, 0.15) is 0 Å². The van der Waals surface area contributed by atoms with Crippen molar-refractivity contribution >= 4 is 20.2 Å². The minimum atomic E-state index is -6.00. The Hall–Kier alpha value is -1.83. The van der Waals surface area contributed by atoms with Gasteiger partial charge in [0.05, 0.1) is 0 Å². The molecule has 120 valence electrons. The fourth-order valence-electron chi connectivity index (χ4n) is 0.896. The van der Waals surface area contributed by atoms with Crippen LogP contribution in [0.15, 0.2) is 24.3 Å². The Balaban J connectivity index is 0. The van der Waals surface area contributed by atoms with Crippen LogP contribution in [0.1, 0.15) is 5.56 Å². The summed E-state index contributed by atoms with van der Waals surface area (Å²) in [6.07, 6.45) is 0.867. The van der Waals surface area contributed by atoms with Crippen LogP contribution in [0, 0.1) is 5.39 Å². The maximum atomic E-state index is 9.75. The van der Waals surface area contributed by atoms with E-state index in [4.69, 9.17) is 11.1 Å². The molecule has 0 bridgehead atoms. The highest BCUT2D eigenvalue weighted by molar-refractivity contribution is 6.50. The molecule has 0 saturated heterocycles. The Morgan fingerprint density at radius 3 is 1.43 bits per heavy atom. The zero-order valence-electron chi connectivity index (χ0n) is 10.4. The molecule has 13 heteroatoms. The molecule has 0 fully saturated rings. The molecular formula is C8H10B2F8N3-. The zero-order chi connectivity index (χ0) is 17.1. The lowest BCUT2D eigenvalue weighted by molar-refractivity contribution is 0.366. The summed E-state index contributed by atoms with van der Waals surface area (Å²) in [6.45, 7) is 0.648. The van der Waals surface area contributed by atoms with Gasteiger partial charge in [0.25, 0.3) is 0 Å². The van der Waals surface area contributed by atoms with E-state index in [-0.39, 0.29) is 0 Å². The normalized spacial score (nSPS) is 10.5. The average molecular weight is 322 g/mol. The highest BCUT2D eigenvalue weighted by Gasteiger charge is 2.21. The Labute approximate surface area is 115 Å². The average Bonchev–Trinajstić information content (AvgIpc) is 2.26. The van der Waals surface area contributed by atoms with Gasteiger partial charge in [-0.1, -0.05) is 12.1 Å². The predicted molar refractivity (Wildman–Crippen MR) is 64.3 cm³/mol. The molecule has 0 aliphatic carbocycles. The van der Waals surface area contributed by atoms with Crippen LogP contribution in [0.25, 0.3) is 4.98 Å². The van der Waals surface area contributed by atoms with Crippen LogP contribution in [-0.4, -0.2) is 21.1 Å². The topological polar surface area (TPSA) is 54.2 Å². The number of diazo groups is 1. The van der Waals surface area contributed by atoms with Gasteiger partial charge in [0.15, 0.2) is 4.98 Å². The van der Waals surface area contributed by atoms with Crippen LogP contribution in [0.5, 0.6) is 0 Å². The molecule has 21 heavy (non-hydrogen) atoms. The molecular weight excluding hydrogens is 312 g/mol. The maximum Gasteiger partial charge on any atom is 0.673 e. The summed E-state index contributed by atoms with van der Waals surface area (Å²) < 4.78 is 78.0. The number of nitrogens with zero attached hydrogens (tertiary/aromatic N) is 2. The Morgan fingerprint density at radius 2 is 1.19 bits per heavy atom. The second-order valence-electron chi connectivity index (χ2n) is 3.29. The van der Waals surface area contributed by atoms with Gasteiger partial charge in [-0.05, 0) is 18.5 Å². The van der Waals surface area contributed by atoms with Crippen LogP contribution >= 0.6 is 0 Å². The van der Waals surface area contributed by atoms with Crippen molar-refractivity contribution in [2.45, 2.75) is 6.42 Å². The molecule has 0 atom stereocenters. The van der Waals surface area contributed by atoms with Gasteiger partial charge in [-0.25, -0.2) is 0 Å². The third kappa shape index (κ3) is 27.4. The molecule has 1 rings (SSSR count). The number of benzene rings is 1. The maximum absolute atomic E-state index is 9.75. The summed E-state index contributed by atoms with van der Waals surface area (Å²) in [7, 11) is -12.0. The van der Waals surface area contributed by atoms with Crippen molar-refractivity contribution < 1.29 is 34.5 Å². The van der Waals surface area contributed by atoms with Gasteiger partial charge in [-0.15, -0.1) is 0 Å². The third-order valence-electron chi connectivity index (χ3n) is 1.48. The first-order valence-electron chi connectivity index (χ1n) is 5.25. The van der Waals surface area contributed by atoms with E-state index in [1.54, 1.807) is 12.1 Å².